The van der Waals surface area contributed by atoms with Gasteiger partial charge in [-0.1, -0.05) is 23.4 Å². The van der Waals surface area contributed by atoms with Gasteiger partial charge in [-0.3, -0.25) is 4.79 Å². The molecule has 0 amide bonds. The zero-order valence-electron chi connectivity index (χ0n) is 13.6. The van der Waals surface area contributed by atoms with Gasteiger partial charge in [0.05, 0.1) is 12.4 Å². The van der Waals surface area contributed by atoms with Crippen molar-refractivity contribution in [2.75, 3.05) is 7.11 Å². The molecule has 0 aliphatic heterocycles. The molecular formula is C18H15ClN2O3S. The maximum absolute atomic E-state index is 12.5. The van der Waals surface area contributed by atoms with Crippen LogP contribution in [0.4, 0.5) is 0 Å². The molecule has 1 aromatic heterocycles. The largest absolute Gasteiger partial charge is 0.497 e. The SMILES string of the molecule is COc1ccc(C(=O)C(C)Sc2nnc(-c3ccc(Cl)cc3)o2)cc1. The molecule has 1 atom stereocenters. The summed E-state index contributed by atoms with van der Waals surface area (Å²) in [7, 11) is 1.59. The Morgan fingerprint density at radius 3 is 2.44 bits per heavy atom. The van der Waals surface area contributed by atoms with Gasteiger partial charge in [0.15, 0.2) is 5.78 Å². The van der Waals surface area contributed by atoms with Crippen molar-refractivity contribution < 1.29 is 13.9 Å². The topological polar surface area (TPSA) is 65.2 Å². The summed E-state index contributed by atoms with van der Waals surface area (Å²) in [5, 5.41) is 8.64. The van der Waals surface area contributed by atoms with Crippen molar-refractivity contribution >= 4 is 29.1 Å². The first-order valence-corrected chi connectivity index (χ1v) is 8.77. The van der Waals surface area contributed by atoms with Crippen LogP contribution in [0, 0.1) is 0 Å². The summed E-state index contributed by atoms with van der Waals surface area (Å²) < 4.78 is 10.7. The number of ether oxygens (including phenoxy) is 1. The lowest BCUT2D eigenvalue weighted by molar-refractivity contribution is 0.0993. The van der Waals surface area contributed by atoms with E-state index >= 15 is 0 Å². The molecule has 0 radical (unpaired) electrons. The van der Waals surface area contributed by atoms with E-state index in [0.717, 1.165) is 5.56 Å². The van der Waals surface area contributed by atoms with Crippen LogP contribution in [0.2, 0.25) is 5.02 Å². The molecule has 5 nitrogen and oxygen atoms in total. The first-order valence-electron chi connectivity index (χ1n) is 7.51. The molecule has 0 saturated carbocycles. The quantitative estimate of drug-likeness (QED) is 0.457. The van der Waals surface area contributed by atoms with E-state index in [4.69, 9.17) is 20.8 Å². The Hall–Kier alpha value is -2.31. The van der Waals surface area contributed by atoms with Crippen molar-refractivity contribution in [2.24, 2.45) is 0 Å². The molecule has 0 bridgehead atoms. The lowest BCUT2D eigenvalue weighted by Gasteiger charge is -2.08. The molecule has 1 heterocycles. The monoisotopic (exact) mass is 374 g/mol. The predicted octanol–water partition coefficient (Wildman–Crippen LogP) is 4.76. The second kappa shape index (κ2) is 7.72. The Morgan fingerprint density at radius 2 is 1.80 bits per heavy atom. The molecule has 0 N–H and O–H groups in total. The maximum atomic E-state index is 12.5. The highest BCUT2D eigenvalue weighted by Gasteiger charge is 2.20. The van der Waals surface area contributed by atoms with Crippen molar-refractivity contribution in [3.05, 3.63) is 59.1 Å². The van der Waals surface area contributed by atoms with Crippen LogP contribution < -0.4 is 4.74 Å². The highest BCUT2D eigenvalue weighted by Crippen LogP contribution is 2.28. The number of thioether (sulfide) groups is 1. The maximum Gasteiger partial charge on any atom is 0.277 e. The zero-order chi connectivity index (χ0) is 17.8. The third kappa shape index (κ3) is 4.21. The lowest BCUT2D eigenvalue weighted by Crippen LogP contribution is -2.13. The van der Waals surface area contributed by atoms with Crippen molar-refractivity contribution in [3.8, 4) is 17.2 Å². The number of aromatic nitrogens is 2. The summed E-state index contributed by atoms with van der Waals surface area (Å²) in [5.41, 5.74) is 1.39. The number of halogens is 1. The number of carbonyl (C=O) groups excluding carboxylic acids is 1. The van der Waals surface area contributed by atoms with Crippen LogP contribution in [-0.4, -0.2) is 28.3 Å². The van der Waals surface area contributed by atoms with Crippen LogP contribution in [0.25, 0.3) is 11.5 Å². The fraction of sp³-hybridized carbons (Fsp3) is 0.167. The molecule has 25 heavy (non-hydrogen) atoms. The third-order valence-corrected chi connectivity index (χ3v) is 4.71. The molecule has 0 saturated heterocycles. The molecule has 3 rings (SSSR count). The second-order valence-electron chi connectivity index (χ2n) is 5.23. The lowest BCUT2D eigenvalue weighted by atomic mass is 10.1. The van der Waals surface area contributed by atoms with Gasteiger partial charge in [-0.05, 0) is 55.5 Å². The van der Waals surface area contributed by atoms with Gasteiger partial charge in [-0.15, -0.1) is 10.2 Å². The molecule has 0 spiro atoms. The van der Waals surface area contributed by atoms with E-state index in [1.54, 1.807) is 55.6 Å². The summed E-state index contributed by atoms with van der Waals surface area (Å²) >= 11 is 7.10. The molecule has 1 unspecified atom stereocenters. The van der Waals surface area contributed by atoms with Gasteiger partial charge in [0.2, 0.25) is 5.89 Å². The Bertz CT molecular complexity index is 863. The number of methoxy groups -OCH3 is 1. The van der Waals surface area contributed by atoms with Gasteiger partial charge in [0.1, 0.15) is 5.75 Å². The molecule has 0 fully saturated rings. The van der Waals surface area contributed by atoms with E-state index in [1.165, 1.54) is 11.8 Å². The number of Topliss-reactive ketones (excluding diaryl/α,β-unsaturated/α-hetero) is 1. The average molecular weight is 375 g/mol. The second-order valence-corrected chi connectivity index (χ2v) is 6.96. The molecule has 0 aliphatic carbocycles. The molecule has 2 aromatic carbocycles. The van der Waals surface area contributed by atoms with Gasteiger partial charge in [-0.2, -0.15) is 0 Å². The Labute approximate surface area is 154 Å². The van der Waals surface area contributed by atoms with Gasteiger partial charge in [0, 0.05) is 16.1 Å². The van der Waals surface area contributed by atoms with Gasteiger partial charge < -0.3 is 9.15 Å². The number of benzene rings is 2. The van der Waals surface area contributed by atoms with Crippen LogP contribution in [0.1, 0.15) is 17.3 Å². The van der Waals surface area contributed by atoms with Crippen molar-refractivity contribution in [3.63, 3.8) is 0 Å². The first-order chi connectivity index (χ1) is 12.1. The van der Waals surface area contributed by atoms with Crippen LogP contribution in [-0.2, 0) is 0 Å². The van der Waals surface area contributed by atoms with E-state index in [1.807, 2.05) is 6.92 Å². The van der Waals surface area contributed by atoms with Crippen LogP contribution >= 0.6 is 23.4 Å². The minimum absolute atomic E-state index is 0.0149. The van der Waals surface area contributed by atoms with Gasteiger partial charge >= 0.3 is 0 Å². The van der Waals surface area contributed by atoms with Gasteiger partial charge in [-0.25, -0.2) is 0 Å². The summed E-state index contributed by atoms with van der Waals surface area (Å²) in [5.74, 6) is 1.09. The average Bonchev–Trinajstić information content (AvgIpc) is 3.10. The zero-order valence-corrected chi connectivity index (χ0v) is 15.2. The number of rotatable bonds is 6. The standard InChI is InChI=1S/C18H15ClN2O3S/c1-11(16(22)12-5-9-15(23-2)10-6-12)25-18-21-20-17(24-18)13-3-7-14(19)8-4-13/h3-11H,1-2H3. The van der Waals surface area contributed by atoms with E-state index in [0.29, 0.717) is 27.4 Å². The van der Waals surface area contributed by atoms with Crippen LogP contribution in [0.3, 0.4) is 0 Å². The Balaban J connectivity index is 1.69. The summed E-state index contributed by atoms with van der Waals surface area (Å²) in [4.78, 5) is 12.5. The molecular weight excluding hydrogens is 360 g/mol. The van der Waals surface area contributed by atoms with Crippen LogP contribution in [0.5, 0.6) is 5.75 Å². The fourth-order valence-electron chi connectivity index (χ4n) is 2.16. The number of nitrogens with zero attached hydrogens (tertiary/aromatic N) is 2. The van der Waals surface area contributed by atoms with Crippen LogP contribution in [0.15, 0.2) is 58.2 Å². The van der Waals surface area contributed by atoms with Crippen molar-refractivity contribution in [2.45, 2.75) is 17.4 Å². The van der Waals surface area contributed by atoms with E-state index in [-0.39, 0.29) is 11.0 Å². The Morgan fingerprint density at radius 1 is 1.12 bits per heavy atom. The Kier molecular flexibility index (Phi) is 5.40. The number of ketones is 1. The first kappa shape index (κ1) is 17.5. The molecule has 7 heteroatoms. The molecule has 3 aromatic rings. The molecule has 128 valence electrons. The number of carbonyl (C=O) groups is 1. The summed E-state index contributed by atoms with van der Waals surface area (Å²) in [6, 6.07) is 14.1. The third-order valence-electron chi connectivity index (χ3n) is 3.52. The number of hydrogen-bond acceptors (Lipinski definition) is 6. The minimum Gasteiger partial charge on any atom is -0.497 e. The van der Waals surface area contributed by atoms with E-state index in [9.17, 15) is 4.79 Å². The smallest absolute Gasteiger partial charge is 0.277 e. The van der Waals surface area contributed by atoms with E-state index in [2.05, 4.69) is 10.2 Å². The fourth-order valence-corrected chi connectivity index (χ4v) is 3.05. The minimum atomic E-state index is -0.355. The highest BCUT2D eigenvalue weighted by molar-refractivity contribution is 8.00. The summed E-state index contributed by atoms with van der Waals surface area (Å²) in [6.45, 7) is 1.81. The number of hydrogen-bond donors (Lipinski definition) is 0. The molecule has 0 aliphatic rings. The predicted molar refractivity (Wildman–Crippen MR) is 97.4 cm³/mol. The van der Waals surface area contributed by atoms with Crippen molar-refractivity contribution in [1.82, 2.24) is 10.2 Å². The van der Waals surface area contributed by atoms with E-state index < -0.39 is 0 Å². The summed E-state index contributed by atoms with van der Waals surface area (Å²) in [6.07, 6.45) is 0. The van der Waals surface area contributed by atoms with Crippen molar-refractivity contribution in [1.29, 1.82) is 0 Å². The highest BCUT2D eigenvalue weighted by atomic mass is 35.5. The van der Waals surface area contributed by atoms with Gasteiger partial charge in [0.25, 0.3) is 5.22 Å². The normalized spacial score (nSPS) is 12.0.